The van der Waals surface area contributed by atoms with Crippen molar-refractivity contribution in [2.75, 3.05) is 36.5 Å². The van der Waals surface area contributed by atoms with Crippen LogP contribution in [0, 0.1) is 0 Å². The van der Waals surface area contributed by atoms with Gasteiger partial charge in [0.15, 0.2) is 6.10 Å². The van der Waals surface area contributed by atoms with Crippen molar-refractivity contribution in [3.63, 3.8) is 0 Å². The van der Waals surface area contributed by atoms with Crippen molar-refractivity contribution < 1.29 is 19.4 Å². The molecule has 2 atom stereocenters. The zero-order valence-corrected chi connectivity index (χ0v) is 18.5. The molecule has 0 spiro atoms. The molecule has 0 saturated carbocycles. The van der Waals surface area contributed by atoms with Gasteiger partial charge in [0.05, 0.1) is 12.2 Å². The van der Waals surface area contributed by atoms with E-state index in [0.717, 1.165) is 55.9 Å². The van der Waals surface area contributed by atoms with Crippen LogP contribution in [0.2, 0.25) is 0 Å². The Morgan fingerprint density at radius 2 is 1.97 bits per heavy atom. The van der Waals surface area contributed by atoms with Gasteiger partial charge in [-0.25, -0.2) is 4.79 Å². The lowest BCUT2D eigenvalue weighted by atomic mass is 10.1. The van der Waals surface area contributed by atoms with E-state index in [9.17, 15) is 9.90 Å². The summed E-state index contributed by atoms with van der Waals surface area (Å²) >= 11 is 0. The molecule has 0 radical (unpaired) electrons. The largest absolute Gasteiger partial charge is 0.486 e. The fourth-order valence-corrected chi connectivity index (χ4v) is 3.96. The average Bonchev–Trinajstić information content (AvgIpc) is 2.77. The van der Waals surface area contributed by atoms with Crippen LogP contribution < -0.4 is 15.0 Å². The SMILES string of the molecule is CCCC1CN(CCCNc2ccc(CC(OCC)C(=O)O)cc2)c2ccccc2O1.[MgH2]. The number of rotatable bonds is 12. The highest BCUT2D eigenvalue weighted by atomic mass is 24.3. The molecule has 32 heavy (non-hydrogen) atoms. The normalized spacial score (nSPS) is 15.8. The zero-order valence-electron chi connectivity index (χ0n) is 18.5. The lowest BCUT2D eigenvalue weighted by molar-refractivity contribution is -0.149. The van der Waals surface area contributed by atoms with E-state index in [1.54, 1.807) is 0 Å². The van der Waals surface area contributed by atoms with Gasteiger partial charge in [0, 0.05) is 31.8 Å². The number of benzene rings is 2. The van der Waals surface area contributed by atoms with Crippen molar-refractivity contribution in [2.24, 2.45) is 0 Å². The minimum absolute atomic E-state index is 0. The van der Waals surface area contributed by atoms with Crippen molar-refractivity contribution in [3.05, 3.63) is 54.1 Å². The zero-order chi connectivity index (χ0) is 22.1. The Hall–Kier alpha value is -1.96. The summed E-state index contributed by atoms with van der Waals surface area (Å²) in [7, 11) is 0. The molecule has 1 aliphatic rings. The molecule has 1 heterocycles. The van der Waals surface area contributed by atoms with Crippen LogP contribution in [0.15, 0.2) is 48.5 Å². The number of nitrogens with zero attached hydrogens (tertiary/aromatic N) is 1. The van der Waals surface area contributed by atoms with Gasteiger partial charge in [-0.2, -0.15) is 0 Å². The molecule has 2 aromatic rings. The van der Waals surface area contributed by atoms with Gasteiger partial charge in [-0.05, 0) is 49.6 Å². The second kappa shape index (κ2) is 13.6. The van der Waals surface area contributed by atoms with E-state index in [1.807, 2.05) is 37.3 Å². The van der Waals surface area contributed by atoms with Crippen molar-refractivity contribution in [1.82, 2.24) is 0 Å². The van der Waals surface area contributed by atoms with Crippen LogP contribution in [0.25, 0.3) is 0 Å². The van der Waals surface area contributed by atoms with Crippen molar-refractivity contribution in [2.45, 2.75) is 51.7 Å². The number of nitrogens with one attached hydrogen (secondary N) is 1. The van der Waals surface area contributed by atoms with Gasteiger partial charge in [-0.3, -0.25) is 0 Å². The Morgan fingerprint density at radius 3 is 2.66 bits per heavy atom. The van der Waals surface area contributed by atoms with Crippen LogP contribution >= 0.6 is 0 Å². The quantitative estimate of drug-likeness (QED) is 0.378. The van der Waals surface area contributed by atoms with E-state index in [4.69, 9.17) is 9.47 Å². The number of carboxylic acids is 1. The molecule has 2 N–H and O–H groups in total. The molecule has 2 unspecified atom stereocenters. The summed E-state index contributed by atoms with van der Waals surface area (Å²) in [5, 5.41) is 12.7. The van der Waals surface area contributed by atoms with Gasteiger partial charge in [0.25, 0.3) is 0 Å². The molecule has 172 valence electrons. The second-order valence-electron chi connectivity index (χ2n) is 7.91. The smallest absolute Gasteiger partial charge is 0.333 e. The molecular formula is C25H36MgN2O4. The molecule has 0 aromatic heterocycles. The fourth-order valence-electron chi connectivity index (χ4n) is 3.96. The first kappa shape index (κ1) is 26.3. The molecular weight excluding hydrogens is 417 g/mol. The second-order valence-corrected chi connectivity index (χ2v) is 7.91. The van der Waals surface area contributed by atoms with Gasteiger partial charge in [-0.1, -0.05) is 37.6 Å². The molecule has 7 heteroatoms. The third kappa shape index (κ3) is 7.57. The predicted octanol–water partition coefficient (Wildman–Crippen LogP) is 3.67. The number of ether oxygens (including phenoxy) is 2. The summed E-state index contributed by atoms with van der Waals surface area (Å²) in [6.45, 7) is 7.17. The number of carboxylic acid groups (broad SMARTS) is 1. The number of anilines is 2. The molecule has 0 fully saturated rings. The van der Waals surface area contributed by atoms with Gasteiger partial charge in [0.1, 0.15) is 11.9 Å². The Morgan fingerprint density at radius 1 is 1.22 bits per heavy atom. The maximum absolute atomic E-state index is 11.3. The number of fused-ring (bicyclic) bond motifs is 1. The van der Waals surface area contributed by atoms with Crippen LogP contribution in [0.5, 0.6) is 5.75 Å². The first-order valence-electron chi connectivity index (χ1n) is 11.3. The highest BCUT2D eigenvalue weighted by Gasteiger charge is 2.24. The fraction of sp³-hybridized carbons (Fsp3) is 0.480. The first-order chi connectivity index (χ1) is 15.1. The van der Waals surface area contributed by atoms with Gasteiger partial charge >= 0.3 is 29.0 Å². The molecule has 0 bridgehead atoms. The van der Waals surface area contributed by atoms with Crippen LogP contribution in [0.3, 0.4) is 0 Å². The van der Waals surface area contributed by atoms with Crippen LogP contribution in [-0.4, -0.2) is 72.6 Å². The van der Waals surface area contributed by atoms with E-state index < -0.39 is 12.1 Å². The maximum Gasteiger partial charge on any atom is 0.333 e. The molecule has 3 rings (SSSR count). The highest BCUT2D eigenvalue weighted by molar-refractivity contribution is 5.75. The molecule has 0 aliphatic carbocycles. The lowest BCUT2D eigenvalue weighted by Gasteiger charge is -2.36. The number of aliphatic carboxylic acids is 1. The van der Waals surface area contributed by atoms with Crippen molar-refractivity contribution >= 4 is 40.4 Å². The molecule has 0 amide bonds. The average molecular weight is 453 g/mol. The van der Waals surface area contributed by atoms with Crippen LogP contribution in [0.1, 0.15) is 38.7 Å². The summed E-state index contributed by atoms with van der Waals surface area (Å²) in [5.41, 5.74) is 3.18. The summed E-state index contributed by atoms with van der Waals surface area (Å²) in [4.78, 5) is 13.7. The summed E-state index contributed by atoms with van der Waals surface area (Å²) < 4.78 is 11.4. The van der Waals surface area contributed by atoms with Crippen molar-refractivity contribution in [1.29, 1.82) is 0 Å². The molecule has 6 nitrogen and oxygen atoms in total. The number of hydrogen-bond donors (Lipinski definition) is 2. The third-order valence-electron chi connectivity index (χ3n) is 5.49. The van der Waals surface area contributed by atoms with Gasteiger partial charge in [0.2, 0.25) is 0 Å². The Bertz CT molecular complexity index is 831. The maximum atomic E-state index is 11.3. The van der Waals surface area contributed by atoms with Crippen LogP contribution in [-0.2, 0) is 16.0 Å². The van der Waals surface area contributed by atoms with E-state index in [2.05, 4.69) is 35.3 Å². The van der Waals surface area contributed by atoms with Crippen LogP contribution in [0.4, 0.5) is 11.4 Å². The number of carbonyl (C=O) groups is 1. The van der Waals surface area contributed by atoms with Crippen molar-refractivity contribution in [3.8, 4) is 5.75 Å². The van der Waals surface area contributed by atoms with Gasteiger partial charge < -0.3 is 24.8 Å². The first-order valence-corrected chi connectivity index (χ1v) is 11.3. The van der Waals surface area contributed by atoms with E-state index >= 15 is 0 Å². The minimum Gasteiger partial charge on any atom is -0.486 e. The topological polar surface area (TPSA) is 71.0 Å². The summed E-state index contributed by atoms with van der Waals surface area (Å²) in [6.07, 6.45) is 3.04. The minimum atomic E-state index is -0.921. The monoisotopic (exact) mass is 452 g/mol. The summed E-state index contributed by atoms with van der Waals surface area (Å²) in [6, 6.07) is 16.2. The van der Waals surface area contributed by atoms with E-state index in [1.165, 1.54) is 5.69 Å². The molecule has 0 saturated heterocycles. The Kier molecular flexibility index (Phi) is 11.1. The number of hydrogen-bond acceptors (Lipinski definition) is 5. The molecule has 2 aromatic carbocycles. The Balaban J connectivity index is 0.00000363. The highest BCUT2D eigenvalue weighted by Crippen LogP contribution is 2.34. The standard InChI is InChI=1S/C25H34N2O4.Mg.2H/c1-3-8-21-18-27(22-9-5-6-10-23(22)31-21)16-7-15-26-20-13-11-19(12-14-20)17-24(25(28)29)30-4-2;;;/h5-6,9-14,21,24,26H,3-4,7-8,15-18H2,1-2H3,(H,28,29);;;. The van der Waals surface area contributed by atoms with E-state index in [0.29, 0.717) is 13.0 Å². The predicted molar refractivity (Wildman–Crippen MR) is 133 cm³/mol. The molecule has 1 aliphatic heterocycles. The summed E-state index contributed by atoms with van der Waals surface area (Å²) in [5.74, 6) is 0.0670. The number of para-hydroxylation sites is 2. The van der Waals surface area contributed by atoms with Gasteiger partial charge in [-0.15, -0.1) is 0 Å². The third-order valence-corrected chi connectivity index (χ3v) is 5.49. The Labute approximate surface area is 207 Å². The van der Waals surface area contributed by atoms with E-state index in [-0.39, 0.29) is 29.2 Å². The lowest BCUT2D eigenvalue weighted by Crippen LogP contribution is -2.40.